The van der Waals surface area contributed by atoms with Gasteiger partial charge in [-0.25, -0.2) is 0 Å². The van der Waals surface area contributed by atoms with Gasteiger partial charge in [-0.2, -0.15) is 0 Å². The topological polar surface area (TPSA) is 32.7 Å². The van der Waals surface area contributed by atoms with Crippen molar-refractivity contribution in [3.63, 3.8) is 0 Å². The highest BCUT2D eigenvalue weighted by molar-refractivity contribution is 4.98. The van der Waals surface area contributed by atoms with Gasteiger partial charge in [-0.1, -0.05) is 20.3 Å². The Bertz CT molecular complexity index is 251. The highest BCUT2D eigenvalue weighted by atomic mass is 16.5. The minimum atomic E-state index is -0.186. The number of hydrogen-bond donors (Lipinski definition) is 1. The van der Waals surface area contributed by atoms with Crippen molar-refractivity contribution in [3.8, 4) is 0 Å². The number of methoxy groups -OCH3 is 1. The first-order chi connectivity index (χ1) is 8.06. The van der Waals surface area contributed by atoms with Crippen molar-refractivity contribution in [1.29, 1.82) is 0 Å². The fourth-order valence-corrected chi connectivity index (χ4v) is 3.16. The van der Waals surface area contributed by atoms with Crippen LogP contribution < -0.4 is 0 Å². The summed E-state index contributed by atoms with van der Waals surface area (Å²) in [4.78, 5) is 2.51. The van der Waals surface area contributed by atoms with Gasteiger partial charge < -0.3 is 9.84 Å². The van der Waals surface area contributed by atoms with E-state index < -0.39 is 0 Å². The molecule has 3 nitrogen and oxygen atoms in total. The fraction of sp³-hybridized carbons (Fsp3) is 1.00. The molecule has 1 N–H and O–H groups in total. The second-order valence-corrected chi connectivity index (χ2v) is 6.35. The SMILES string of the molecule is COCCN(C1CC1)C1CCCC(C)(C)C1O. The Kier molecular flexibility index (Phi) is 4.11. The molecule has 2 aliphatic rings. The van der Waals surface area contributed by atoms with Gasteiger partial charge in [0.2, 0.25) is 0 Å². The van der Waals surface area contributed by atoms with Gasteiger partial charge in [0.15, 0.2) is 0 Å². The van der Waals surface area contributed by atoms with Crippen LogP contribution in [0.4, 0.5) is 0 Å². The third kappa shape index (κ3) is 3.01. The summed E-state index contributed by atoms with van der Waals surface area (Å²) in [6.07, 6.45) is 5.94. The minimum absolute atomic E-state index is 0.0725. The Morgan fingerprint density at radius 3 is 2.59 bits per heavy atom. The second kappa shape index (κ2) is 5.25. The predicted molar refractivity (Wildman–Crippen MR) is 69.0 cm³/mol. The molecular formula is C14H27NO2. The molecule has 0 amide bonds. The lowest BCUT2D eigenvalue weighted by atomic mass is 9.72. The van der Waals surface area contributed by atoms with E-state index in [-0.39, 0.29) is 11.5 Å². The molecule has 0 saturated heterocycles. The van der Waals surface area contributed by atoms with Crippen LogP contribution in [-0.4, -0.2) is 48.5 Å². The Morgan fingerprint density at radius 2 is 2.00 bits per heavy atom. The zero-order valence-electron chi connectivity index (χ0n) is 11.5. The molecule has 0 heterocycles. The van der Waals surface area contributed by atoms with Crippen LogP contribution in [0.3, 0.4) is 0 Å². The molecule has 0 spiro atoms. The molecule has 17 heavy (non-hydrogen) atoms. The van der Waals surface area contributed by atoms with Crippen LogP contribution in [0.1, 0.15) is 46.0 Å². The van der Waals surface area contributed by atoms with Crippen LogP contribution in [0.25, 0.3) is 0 Å². The first-order valence-corrected chi connectivity index (χ1v) is 6.99. The molecule has 0 aromatic heterocycles. The van der Waals surface area contributed by atoms with Crippen molar-refractivity contribution in [1.82, 2.24) is 4.90 Å². The standard InChI is InChI=1S/C14H27NO2/c1-14(2)8-4-5-12(13(14)16)15(9-10-17-3)11-6-7-11/h11-13,16H,4-10H2,1-3H3. The van der Waals surface area contributed by atoms with Gasteiger partial charge in [-0.3, -0.25) is 4.90 Å². The summed E-state index contributed by atoms with van der Waals surface area (Å²) in [5.41, 5.74) is 0.0725. The number of aliphatic hydroxyl groups is 1. The number of nitrogens with zero attached hydrogens (tertiary/aromatic N) is 1. The lowest BCUT2D eigenvalue weighted by Gasteiger charge is -2.46. The fourth-order valence-electron chi connectivity index (χ4n) is 3.16. The van der Waals surface area contributed by atoms with E-state index in [1.165, 1.54) is 19.3 Å². The van der Waals surface area contributed by atoms with Crippen LogP contribution >= 0.6 is 0 Å². The smallest absolute Gasteiger partial charge is 0.0746 e. The zero-order valence-corrected chi connectivity index (χ0v) is 11.5. The van der Waals surface area contributed by atoms with E-state index in [2.05, 4.69) is 18.7 Å². The molecule has 2 unspecified atom stereocenters. The summed E-state index contributed by atoms with van der Waals surface area (Å²) >= 11 is 0. The van der Waals surface area contributed by atoms with Gasteiger partial charge in [-0.15, -0.1) is 0 Å². The molecule has 0 aromatic carbocycles. The van der Waals surface area contributed by atoms with E-state index in [1.807, 2.05) is 0 Å². The third-order valence-corrected chi connectivity index (χ3v) is 4.48. The van der Waals surface area contributed by atoms with Gasteiger partial charge in [0.1, 0.15) is 0 Å². The zero-order chi connectivity index (χ0) is 12.5. The molecule has 2 rings (SSSR count). The van der Waals surface area contributed by atoms with E-state index >= 15 is 0 Å². The Labute approximate surface area is 105 Å². The summed E-state index contributed by atoms with van der Waals surface area (Å²) < 4.78 is 5.20. The summed E-state index contributed by atoms with van der Waals surface area (Å²) in [6, 6.07) is 1.06. The average Bonchev–Trinajstić information content (AvgIpc) is 3.08. The monoisotopic (exact) mass is 241 g/mol. The van der Waals surface area contributed by atoms with E-state index in [0.29, 0.717) is 12.1 Å². The number of aliphatic hydroxyl groups excluding tert-OH is 1. The van der Waals surface area contributed by atoms with Crippen LogP contribution in [0.5, 0.6) is 0 Å². The molecule has 0 radical (unpaired) electrons. The molecule has 2 fully saturated rings. The highest BCUT2D eigenvalue weighted by Gasteiger charge is 2.44. The van der Waals surface area contributed by atoms with E-state index in [9.17, 15) is 5.11 Å². The third-order valence-electron chi connectivity index (χ3n) is 4.48. The Balaban J connectivity index is 2.01. The van der Waals surface area contributed by atoms with Gasteiger partial charge in [-0.05, 0) is 31.1 Å². The molecule has 0 aliphatic heterocycles. The second-order valence-electron chi connectivity index (χ2n) is 6.35. The molecule has 2 saturated carbocycles. The largest absolute Gasteiger partial charge is 0.391 e. The van der Waals surface area contributed by atoms with Gasteiger partial charge >= 0.3 is 0 Å². The van der Waals surface area contributed by atoms with Crippen LogP contribution in [0.15, 0.2) is 0 Å². The Hall–Kier alpha value is -0.120. The quantitative estimate of drug-likeness (QED) is 0.799. The van der Waals surface area contributed by atoms with E-state index in [4.69, 9.17) is 4.74 Å². The molecule has 100 valence electrons. The van der Waals surface area contributed by atoms with Crippen molar-refractivity contribution in [3.05, 3.63) is 0 Å². The predicted octanol–water partition coefficient (Wildman–Crippen LogP) is 2.04. The summed E-state index contributed by atoms with van der Waals surface area (Å²) in [6.45, 7) is 6.15. The van der Waals surface area contributed by atoms with Crippen molar-refractivity contribution < 1.29 is 9.84 Å². The first-order valence-electron chi connectivity index (χ1n) is 6.99. The molecular weight excluding hydrogens is 214 g/mol. The van der Waals surface area contributed by atoms with Crippen molar-refractivity contribution in [2.24, 2.45) is 5.41 Å². The summed E-state index contributed by atoms with van der Waals surface area (Å²) in [5, 5.41) is 10.6. The molecule has 0 bridgehead atoms. The minimum Gasteiger partial charge on any atom is -0.391 e. The van der Waals surface area contributed by atoms with Crippen molar-refractivity contribution in [2.45, 2.75) is 64.1 Å². The number of ether oxygens (including phenoxy) is 1. The lowest BCUT2D eigenvalue weighted by Crippen LogP contribution is -2.53. The van der Waals surface area contributed by atoms with Crippen molar-refractivity contribution >= 4 is 0 Å². The maximum atomic E-state index is 10.6. The average molecular weight is 241 g/mol. The Morgan fingerprint density at radius 1 is 1.29 bits per heavy atom. The van der Waals surface area contributed by atoms with Crippen LogP contribution in [0.2, 0.25) is 0 Å². The van der Waals surface area contributed by atoms with Crippen LogP contribution in [0, 0.1) is 5.41 Å². The lowest BCUT2D eigenvalue weighted by molar-refractivity contribution is -0.0640. The summed E-state index contributed by atoms with van der Waals surface area (Å²) in [5.74, 6) is 0. The first kappa shape index (κ1) is 13.3. The molecule has 0 aromatic rings. The maximum absolute atomic E-state index is 10.6. The number of rotatable bonds is 5. The van der Waals surface area contributed by atoms with Gasteiger partial charge in [0.05, 0.1) is 12.7 Å². The normalized spacial score (nSPS) is 33.0. The maximum Gasteiger partial charge on any atom is 0.0746 e. The molecule has 2 aliphatic carbocycles. The van der Waals surface area contributed by atoms with E-state index in [0.717, 1.165) is 26.0 Å². The van der Waals surface area contributed by atoms with Gasteiger partial charge in [0.25, 0.3) is 0 Å². The highest BCUT2D eigenvalue weighted by Crippen LogP contribution is 2.40. The summed E-state index contributed by atoms with van der Waals surface area (Å²) in [7, 11) is 1.76. The van der Waals surface area contributed by atoms with E-state index in [1.54, 1.807) is 7.11 Å². The molecule has 3 heteroatoms. The van der Waals surface area contributed by atoms with Gasteiger partial charge in [0, 0.05) is 25.7 Å². The van der Waals surface area contributed by atoms with Crippen molar-refractivity contribution in [2.75, 3.05) is 20.3 Å². The number of hydrogen-bond acceptors (Lipinski definition) is 3. The molecule has 2 atom stereocenters. The van der Waals surface area contributed by atoms with Crippen LogP contribution in [-0.2, 0) is 4.74 Å².